The fourth-order valence-electron chi connectivity index (χ4n) is 8.77. The first kappa shape index (κ1) is 25.7. The Morgan fingerprint density at radius 3 is 1.89 bits per heavy atom. The number of carbonyl (C=O) groups excluding carboxylic acids is 2. The van der Waals surface area contributed by atoms with E-state index in [-0.39, 0.29) is 5.41 Å². The van der Waals surface area contributed by atoms with Crippen molar-refractivity contribution in [1.82, 2.24) is 0 Å². The third-order valence-electron chi connectivity index (χ3n) is 11.6. The predicted molar refractivity (Wildman–Crippen MR) is 144 cm³/mol. The molecule has 2 unspecified atom stereocenters. The van der Waals surface area contributed by atoms with Crippen molar-refractivity contribution in [3.8, 4) is 0 Å². The lowest BCUT2D eigenvalue weighted by Crippen LogP contribution is -2.31. The van der Waals surface area contributed by atoms with Gasteiger partial charge < -0.3 is 0 Å². The fourth-order valence-corrected chi connectivity index (χ4v) is 8.77. The van der Waals surface area contributed by atoms with Gasteiger partial charge in [-0.3, -0.25) is 9.59 Å². The van der Waals surface area contributed by atoms with Gasteiger partial charge in [-0.05, 0) is 113 Å². The molecule has 35 heavy (non-hydrogen) atoms. The van der Waals surface area contributed by atoms with Gasteiger partial charge in [0.25, 0.3) is 0 Å². The molecular weight excluding hydrogens is 428 g/mol. The highest BCUT2D eigenvalue weighted by Gasteiger charge is 2.48. The van der Waals surface area contributed by atoms with Crippen molar-refractivity contribution < 1.29 is 9.59 Å². The van der Waals surface area contributed by atoms with Crippen LogP contribution in [-0.2, 0) is 9.59 Å². The van der Waals surface area contributed by atoms with Crippen LogP contribution in [0.4, 0.5) is 0 Å². The molecule has 0 aromatic carbocycles. The molecule has 5 saturated carbocycles. The molecule has 5 aliphatic rings. The SMILES string of the molecule is C=C(C1CCC(C(=O)C2(C)CC2)CC1)C1CCC(C2CCCC(CC(=O)C3CCCCC3)C2)CC1. The van der Waals surface area contributed by atoms with Gasteiger partial charge in [0, 0.05) is 23.7 Å². The summed E-state index contributed by atoms with van der Waals surface area (Å²) in [6.45, 7) is 6.82. The summed E-state index contributed by atoms with van der Waals surface area (Å²) in [5.41, 5.74) is 1.58. The molecule has 2 nitrogen and oxygen atoms in total. The average Bonchev–Trinajstić information content (AvgIpc) is 3.67. The second-order valence-corrected chi connectivity index (χ2v) is 14.0. The van der Waals surface area contributed by atoms with E-state index in [0.29, 0.717) is 35.2 Å². The van der Waals surface area contributed by atoms with Crippen LogP contribution >= 0.6 is 0 Å². The van der Waals surface area contributed by atoms with E-state index in [0.717, 1.165) is 49.9 Å². The minimum Gasteiger partial charge on any atom is -0.299 e. The Balaban J connectivity index is 1.04. The van der Waals surface area contributed by atoms with E-state index >= 15 is 0 Å². The van der Waals surface area contributed by atoms with Crippen LogP contribution in [0.15, 0.2) is 12.2 Å². The van der Waals surface area contributed by atoms with E-state index in [1.54, 1.807) is 0 Å². The summed E-state index contributed by atoms with van der Waals surface area (Å²) in [7, 11) is 0. The molecule has 5 rings (SSSR count). The number of ketones is 2. The lowest BCUT2D eigenvalue weighted by atomic mass is 9.65. The summed E-state index contributed by atoms with van der Waals surface area (Å²) in [5.74, 6) is 5.74. The molecule has 0 amide bonds. The van der Waals surface area contributed by atoms with Crippen LogP contribution in [0.2, 0.25) is 0 Å². The lowest BCUT2D eigenvalue weighted by Gasteiger charge is -2.40. The van der Waals surface area contributed by atoms with Gasteiger partial charge in [0.1, 0.15) is 11.6 Å². The number of hydrogen-bond acceptors (Lipinski definition) is 2. The predicted octanol–water partition coefficient (Wildman–Crippen LogP) is 8.87. The number of rotatable bonds is 8. The van der Waals surface area contributed by atoms with E-state index in [9.17, 15) is 9.59 Å². The summed E-state index contributed by atoms with van der Waals surface area (Å²) in [4.78, 5) is 25.7. The maximum atomic E-state index is 12.9. The van der Waals surface area contributed by atoms with Crippen LogP contribution in [0.25, 0.3) is 0 Å². The van der Waals surface area contributed by atoms with E-state index < -0.39 is 0 Å². The van der Waals surface area contributed by atoms with E-state index in [1.165, 1.54) is 102 Å². The van der Waals surface area contributed by atoms with Gasteiger partial charge >= 0.3 is 0 Å². The first-order valence-electron chi connectivity index (χ1n) is 15.7. The van der Waals surface area contributed by atoms with Crippen LogP contribution in [-0.4, -0.2) is 11.6 Å². The molecule has 0 aromatic heterocycles. The normalized spacial score (nSPS) is 38.0. The summed E-state index contributed by atoms with van der Waals surface area (Å²) in [6, 6.07) is 0. The van der Waals surface area contributed by atoms with Crippen molar-refractivity contribution in [3.63, 3.8) is 0 Å². The Morgan fingerprint density at radius 1 is 0.657 bits per heavy atom. The molecule has 2 heteroatoms. The largest absolute Gasteiger partial charge is 0.299 e. The molecule has 5 fully saturated rings. The Bertz CT molecular complexity index is 754. The second kappa shape index (κ2) is 11.2. The molecule has 5 aliphatic carbocycles. The van der Waals surface area contributed by atoms with Crippen LogP contribution < -0.4 is 0 Å². The molecule has 0 bridgehead atoms. The zero-order valence-electron chi connectivity index (χ0n) is 22.7. The molecule has 0 heterocycles. The highest BCUT2D eigenvalue weighted by atomic mass is 16.1. The zero-order chi connectivity index (χ0) is 24.4. The zero-order valence-corrected chi connectivity index (χ0v) is 22.7. The summed E-state index contributed by atoms with van der Waals surface area (Å²) in [5, 5.41) is 0. The van der Waals surface area contributed by atoms with Crippen molar-refractivity contribution in [2.24, 2.45) is 46.8 Å². The summed E-state index contributed by atoms with van der Waals surface area (Å²) in [6.07, 6.45) is 24.8. The highest BCUT2D eigenvalue weighted by Crippen LogP contribution is 2.51. The molecular formula is C33H52O2. The minimum atomic E-state index is 0.0498. The third-order valence-corrected chi connectivity index (χ3v) is 11.6. The number of allylic oxidation sites excluding steroid dienone is 1. The van der Waals surface area contributed by atoms with Gasteiger partial charge in [0.05, 0.1) is 0 Å². The maximum absolute atomic E-state index is 12.9. The van der Waals surface area contributed by atoms with Crippen molar-refractivity contribution >= 4 is 11.6 Å². The first-order chi connectivity index (χ1) is 16.9. The standard InChI is InChI=1S/C33H52O2/c1-23(26-13-17-29(18-14-26)32(35)33(2)19-20-33)25-11-15-27(16-12-25)30-10-6-7-24(21-30)22-31(34)28-8-4-3-5-9-28/h24-30H,1,3-22H2,2H3. The number of carbonyl (C=O) groups is 2. The van der Waals surface area contributed by atoms with Crippen LogP contribution in [0.3, 0.4) is 0 Å². The molecule has 2 atom stereocenters. The smallest absolute Gasteiger partial charge is 0.141 e. The van der Waals surface area contributed by atoms with Crippen molar-refractivity contribution in [2.75, 3.05) is 0 Å². The van der Waals surface area contributed by atoms with Gasteiger partial charge in [-0.15, -0.1) is 0 Å². The monoisotopic (exact) mass is 480 g/mol. The molecule has 196 valence electrons. The minimum absolute atomic E-state index is 0.0498. The highest BCUT2D eigenvalue weighted by molar-refractivity contribution is 5.89. The Labute approximate surface area is 215 Å². The number of hydrogen-bond donors (Lipinski definition) is 0. The van der Waals surface area contributed by atoms with Gasteiger partial charge in [0.15, 0.2) is 0 Å². The maximum Gasteiger partial charge on any atom is 0.141 e. The molecule has 0 spiro atoms. The number of Topliss-reactive ketones (excluding diaryl/α,β-unsaturated/α-hetero) is 2. The summed E-state index contributed by atoms with van der Waals surface area (Å²) >= 11 is 0. The quantitative estimate of drug-likeness (QED) is 0.325. The van der Waals surface area contributed by atoms with Crippen LogP contribution in [0.1, 0.15) is 135 Å². The van der Waals surface area contributed by atoms with Crippen LogP contribution in [0.5, 0.6) is 0 Å². The van der Waals surface area contributed by atoms with Crippen LogP contribution in [0, 0.1) is 46.8 Å². The fraction of sp³-hybridized carbons (Fsp3) is 0.879. The lowest BCUT2D eigenvalue weighted by molar-refractivity contribution is -0.128. The molecule has 0 radical (unpaired) electrons. The summed E-state index contributed by atoms with van der Waals surface area (Å²) < 4.78 is 0. The molecule has 0 N–H and O–H groups in total. The second-order valence-electron chi connectivity index (χ2n) is 14.0. The average molecular weight is 481 g/mol. The Kier molecular flexibility index (Phi) is 8.25. The Morgan fingerprint density at radius 2 is 1.26 bits per heavy atom. The molecule has 0 aromatic rings. The molecule has 0 aliphatic heterocycles. The Hall–Kier alpha value is -0.920. The molecule has 0 saturated heterocycles. The van der Waals surface area contributed by atoms with Crippen molar-refractivity contribution in [2.45, 2.75) is 135 Å². The van der Waals surface area contributed by atoms with Gasteiger partial charge in [-0.25, -0.2) is 0 Å². The van der Waals surface area contributed by atoms with E-state index in [2.05, 4.69) is 13.5 Å². The van der Waals surface area contributed by atoms with Gasteiger partial charge in [0.2, 0.25) is 0 Å². The third kappa shape index (κ3) is 6.15. The van der Waals surface area contributed by atoms with Gasteiger partial charge in [-0.1, -0.05) is 57.6 Å². The topological polar surface area (TPSA) is 34.1 Å². The van der Waals surface area contributed by atoms with E-state index in [1.807, 2.05) is 0 Å². The van der Waals surface area contributed by atoms with Crippen molar-refractivity contribution in [1.29, 1.82) is 0 Å². The van der Waals surface area contributed by atoms with E-state index in [4.69, 9.17) is 0 Å². The first-order valence-corrected chi connectivity index (χ1v) is 15.7. The van der Waals surface area contributed by atoms with Gasteiger partial charge in [-0.2, -0.15) is 0 Å². The van der Waals surface area contributed by atoms with Crippen molar-refractivity contribution in [3.05, 3.63) is 12.2 Å².